The fourth-order valence-corrected chi connectivity index (χ4v) is 3.01. The van der Waals surface area contributed by atoms with E-state index >= 15 is 0 Å². The van der Waals surface area contributed by atoms with Crippen LogP contribution in [0.2, 0.25) is 0 Å². The summed E-state index contributed by atoms with van der Waals surface area (Å²) in [6.07, 6.45) is 0.862. The SMILES string of the molecule is COc1cccc(CC(N)CSc2ccc(Br)cc2)c1. The molecule has 0 radical (unpaired) electrons. The van der Waals surface area contributed by atoms with Crippen LogP contribution in [0, 0.1) is 0 Å². The van der Waals surface area contributed by atoms with E-state index in [1.54, 1.807) is 18.9 Å². The molecule has 0 heterocycles. The van der Waals surface area contributed by atoms with Crippen LogP contribution < -0.4 is 10.5 Å². The van der Waals surface area contributed by atoms with Gasteiger partial charge in [-0.05, 0) is 48.4 Å². The maximum atomic E-state index is 6.20. The molecule has 2 aromatic rings. The van der Waals surface area contributed by atoms with E-state index in [0.717, 1.165) is 22.4 Å². The maximum absolute atomic E-state index is 6.20. The molecule has 0 saturated heterocycles. The second-order valence-corrected chi connectivity index (χ2v) is 6.59. The zero-order chi connectivity index (χ0) is 14.4. The minimum atomic E-state index is 0.135. The van der Waals surface area contributed by atoms with Gasteiger partial charge in [0, 0.05) is 21.2 Å². The Bertz CT molecular complexity index is 544. The van der Waals surface area contributed by atoms with E-state index in [4.69, 9.17) is 10.5 Å². The first-order chi connectivity index (χ1) is 9.67. The minimum absolute atomic E-state index is 0.135. The lowest BCUT2D eigenvalue weighted by atomic mass is 10.1. The predicted octanol–water partition coefficient (Wildman–Crippen LogP) is 4.12. The van der Waals surface area contributed by atoms with Crippen LogP contribution in [0.4, 0.5) is 0 Å². The number of nitrogens with two attached hydrogens (primary N) is 1. The van der Waals surface area contributed by atoms with Crippen LogP contribution in [0.5, 0.6) is 5.75 Å². The Kier molecular flexibility index (Phi) is 5.95. The molecule has 1 atom stereocenters. The highest BCUT2D eigenvalue weighted by atomic mass is 79.9. The number of hydrogen-bond donors (Lipinski definition) is 1. The highest BCUT2D eigenvalue weighted by Crippen LogP contribution is 2.22. The number of methoxy groups -OCH3 is 1. The first kappa shape index (κ1) is 15.4. The number of halogens is 1. The van der Waals surface area contributed by atoms with E-state index in [9.17, 15) is 0 Å². The quantitative estimate of drug-likeness (QED) is 0.795. The molecule has 20 heavy (non-hydrogen) atoms. The van der Waals surface area contributed by atoms with E-state index in [-0.39, 0.29) is 6.04 Å². The number of thioether (sulfide) groups is 1. The summed E-state index contributed by atoms with van der Waals surface area (Å²) >= 11 is 5.23. The third-order valence-corrected chi connectivity index (χ3v) is 4.64. The number of ether oxygens (including phenoxy) is 1. The van der Waals surface area contributed by atoms with Crippen LogP contribution in [-0.4, -0.2) is 18.9 Å². The zero-order valence-electron chi connectivity index (χ0n) is 11.4. The van der Waals surface area contributed by atoms with E-state index < -0.39 is 0 Å². The van der Waals surface area contributed by atoms with E-state index in [0.29, 0.717) is 0 Å². The Morgan fingerprint density at radius 1 is 1.20 bits per heavy atom. The molecular formula is C16H18BrNOS. The molecule has 0 aromatic heterocycles. The lowest BCUT2D eigenvalue weighted by Crippen LogP contribution is -2.25. The molecule has 0 saturated carbocycles. The molecule has 2 rings (SSSR count). The molecule has 2 aromatic carbocycles. The lowest BCUT2D eigenvalue weighted by Gasteiger charge is -2.12. The van der Waals surface area contributed by atoms with Crippen molar-refractivity contribution in [1.82, 2.24) is 0 Å². The normalized spacial score (nSPS) is 12.2. The molecule has 0 spiro atoms. The molecule has 2 N–H and O–H groups in total. The lowest BCUT2D eigenvalue weighted by molar-refractivity contribution is 0.414. The van der Waals surface area contributed by atoms with Gasteiger partial charge in [-0.3, -0.25) is 0 Å². The van der Waals surface area contributed by atoms with Gasteiger partial charge in [-0.25, -0.2) is 0 Å². The fraction of sp³-hybridized carbons (Fsp3) is 0.250. The van der Waals surface area contributed by atoms with E-state index in [2.05, 4.69) is 46.3 Å². The van der Waals surface area contributed by atoms with Gasteiger partial charge in [0.15, 0.2) is 0 Å². The van der Waals surface area contributed by atoms with Crippen LogP contribution in [0.15, 0.2) is 57.9 Å². The van der Waals surface area contributed by atoms with Gasteiger partial charge in [0.05, 0.1) is 7.11 Å². The summed E-state index contributed by atoms with van der Waals surface area (Å²) in [5, 5.41) is 0. The highest BCUT2D eigenvalue weighted by molar-refractivity contribution is 9.10. The highest BCUT2D eigenvalue weighted by Gasteiger charge is 2.06. The van der Waals surface area contributed by atoms with Crippen molar-refractivity contribution in [1.29, 1.82) is 0 Å². The van der Waals surface area contributed by atoms with Crippen molar-refractivity contribution in [2.24, 2.45) is 5.73 Å². The molecule has 0 bridgehead atoms. The third kappa shape index (κ3) is 4.85. The zero-order valence-corrected chi connectivity index (χ0v) is 13.8. The molecule has 4 heteroatoms. The average Bonchev–Trinajstić information content (AvgIpc) is 2.47. The summed E-state index contributed by atoms with van der Waals surface area (Å²) in [7, 11) is 1.68. The topological polar surface area (TPSA) is 35.2 Å². The Morgan fingerprint density at radius 3 is 2.65 bits per heavy atom. The van der Waals surface area contributed by atoms with Crippen LogP contribution >= 0.6 is 27.7 Å². The summed E-state index contributed by atoms with van der Waals surface area (Å²) < 4.78 is 6.33. The van der Waals surface area contributed by atoms with Gasteiger partial charge in [-0.1, -0.05) is 28.1 Å². The minimum Gasteiger partial charge on any atom is -0.497 e. The van der Waals surface area contributed by atoms with Gasteiger partial charge in [-0.2, -0.15) is 0 Å². The molecule has 0 amide bonds. The van der Waals surface area contributed by atoms with Crippen LogP contribution in [0.3, 0.4) is 0 Å². The summed E-state index contributed by atoms with van der Waals surface area (Å²) in [5.74, 6) is 1.79. The van der Waals surface area contributed by atoms with Crippen LogP contribution in [-0.2, 0) is 6.42 Å². The molecule has 1 unspecified atom stereocenters. The molecule has 0 aliphatic heterocycles. The average molecular weight is 352 g/mol. The van der Waals surface area contributed by atoms with Gasteiger partial charge in [-0.15, -0.1) is 11.8 Å². The molecular weight excluding hydrogens is 334 g/mol. The van der Waals surface area contributed by atoms with Crippen molar-refractivity contribution in [2.45, 2.75) is 17.4 Å². The monoisotopic (exact) mass is 351 g/mol. The molecule has 0 aliphatic rings. The Labute approximate surface area is 132 Å². The van der Waals surface area contributed by atoms with Gasteiger partial charge < -0.3 is 10.5 Å². The molecule has 106 valence electrons. The van der Waals surface area contributed by atoms with Gasteiger partial charge in [0.25, 0.3) is 0 Å². The van der Waals surface area contributed by atoms with Crippen molar-refractivity contribution in [2.75, 3.05) is 12.9 Å². The number of rotatable bonds is 6. The molecule has 0 aliphatic carbocycles. The Morgan fingerprint density at radius 2 is 1.95 bits per heavy atom. The Hall–Kier alpha value is -0.970. The summed E-state index contributed by atoms with van der Waals surface area (Å²) in [6.45, 7) is 0. The first-order valence-electron chi connectivity index (χ1n) is 6.44. The van der Waals surface area contributed by atoms with Crippen molar-refractivity contribution in [3.63, 3.8) is 0 Å². The number of hydrogen-bond acceptors (Lipinski definition) is 3. The van der Waals surface area contributed by atoms with Crippen molar-refractivity contribution in [3.05, 3.63) is 58.6 Å². The first-order valence-corrected chi connectivity index (χ1v) is 8.22. The maximum Gasteiger partial charge on any atom is 0.119 e. The van der Waals surface area contributed by atoms with Gasteiger partial charge in [0.2, 0.25) is 0 Å². The van der Waals surface area contributed by atoms with E-state index in [1.165, 1.54) is 10.5 Å². The number of benzene rings is 2. The fourth-order valence-electron chi connectivity index (χ4n) is 1.90. The second-order valence-electron chi connectivity index (χ2n) is 4.58. The van der Waals surface area contributed by atoms with Gasteiger partial charge >= 0.3 is 0 Å². The summed E-state index contributed by atoms with van der Waals surface area (Å²) in [6, 6.07) is 16.5. The van der Waals surface area contributed by atoms with E-state index in [1.807, 2.05) is 18.2 Å². The van der Waals surface area contributed by atoms with Gasteiger partial charge in [0.1, 0.15) is 5.75 Å². The molecule has 0 fully saturated rings. The van der Waals surface area contributed by atoms with Crippen molar-refractivity contribution in [3.8, 4) is 5.75 Å². The van der Waals surface area contributed by atoms with Crippen LogP contribution in [0.25, 0.3) is 0 Å². The summed E-state index contributed by atoms with van der Waals surface area (Å²) in [4.78, 5) is 1.24. The Balaban J connectivity index is 1.85. The standard InChI is InChI=1S/C16H18BrNOS/c1-19-15-4-2-3-12(10-15)9-14(18)11-20-16-7-5-13(17)6-8-16/h2-8,10,14H,9,11,18H2,1H3. The van der Waals surface area contributed by atoms with Crippen molar-refractivity contribution >= 4 is 27.7 Å². The predicted molar refractivity (Wildman–Crippen MR) is 89.5 cm³/mol. The molecule has 2 nitrogen and oxygen atoms in total. The summed E-state index contributed by atoms with van der Waals surface area (Å²) in [5.41, 5.74) is 7.42. The smallest absolute Gasteiger partial charge is 0.119 e. The second kappa shape index (κ2) is 7.72. The largest absolute Gasteiger partial charge is 0.497 e. The van der Waals surface area contributed by atoms with Crippen molar-refractivity contribution < 1.29 is 4.74 Å². The van der Waals surface area contributed by atoms with Crippen LogP contribution in [0.1, 0.15) is 5.56 Å². The third-order valence-electron chi connectivity index (χ3n) is 2.91.